The van der Waals surface area contributed by atoms with Crippen LogP contribution < -0.4 is 4.74 Å². The molecule has 3 aromatic carbocycles. The first-order valence-corrected chi connectivity index (χ1v) is 15.0. The number of benzene rings is 3. The minimum Gasteiger partial charge on any atom is -0.494 e. The van der Waals surface area contributed by atoms with E-state index in [-0.39, 0.29) is 23.0 Å². The average molecular weight is 547 g/mol. The van der Waals surface area contributed by atoms with Gasteiger partial charge >= 0.3 is 0 Å². The fourth-order valence-corrected chi connectivity index (χ4v) is 7.14. The summed E-state index contributed by atoms with van der Waals surface area (Å²) < 4.78 is 48.9. The van der Waals surface area contributed by atoms with Crippen LogP contribution >= 0.6 is 0 Å². The highest BCUT2D eigenvalue weighted by Crippen LogP contribution is 2.45. The van der Waals surface area contributed by atoms with E-state index in [0.29, 0.717) is 5.56 Å². The number of methoxy groups -OCH3 is 1. The first kappa shape index (κ1) is 28.5. The van der Waals surface area contributed by atoms with E-state index in [0.717, 1.165) is 47.3 Å². The maximum atomic E-state index is 15.3. The minimum absolute atomic E-state index is 0.125. The monoisotopic (exact) mass is 546 g/mol. The van der Waals surface area contributed by atoms with Crippen LogP contribution in [0.25, 0.3) is 22.3 Å². The molecule has 4 heteroatoms. The topological polar surface area (TPSA) is 9.23 Å². The third-order valence-electron chi connectivity index (χ3n) is 9.54. The SMILES string of the molecule is CC=CCCC1CCC(C2CCC(c3ccc(-c4ccc(-c5ccc(OC)c(F)c5F)cc4)cc3F)CC2)CC1. The van der Waals surface area contributed by atoms with Crippen LogP contribution in [0.5, 0.6) is 5.75 Å². The Morgan fingerprint density at radius 1 is 0.725 bits per heavy atom. The lowest BCUT2D eigenvalue weighted by atomic mass is 9.68. The molecule has 0 spiro atoms. The van der Waals surface area contributed by atoms with Crippen molar-refractivity contribution in [2.24, 2.45) is 17.8 Å². The highest BCUT2D eigenvalue weighted by molar-refractivity contribution is 5.71. The lowest BCUT2D eigenvalue weighted by Crippen LogP contribution is -2.25. The second kappa shape index (κ2) is 13.1. The van der Waals surface area contributed by atoms with Crippen LogP contribution in [0.4, 0.5) is 13.2 Å². The van der Waals surface area contributed by atoms with Crippen molar-refractivity contribution in [1.29, 1.82) is 0 Å². The van der Waals surface area contributed by atoms with Gasteiger partial charge in [-0.1, -0.05) is 61.4 Å². The van der Waals surface area contributed by atoms with Gasteiger partial charge in [-0.05, 0) is 122 Å². The largest absolute Gasteiger partial charge is 0.494 e. The molecule has 0 saturated heterocycles. The Balaban J connectivity index is 1.18. The summed E-state index contributed by atoms with van der Waals surface area (Å²) in [6.45, 7) is 2.10. The van der Waals surface area contributed by atoms with Gasteiger partial charge in [0.25, 0.3) is 0 Å². The number of ether oxygens (including phenoxy) is 1. The van der Waals surface area contributed by atoms with Gasteiger partial charge in [0.15, 0.2) is 11.6 Å². The molecule has 0 heterocycles. The molecule has 2 aliphatic rings. The Kier molecular flexibility index (Phi) is 9.34. The Morgan fingerprint density at radius 2 is 1.35 bits per heavy atom. The van der Waals surface area contributed by atoms with Gasteiger partial charge in [-0.3, -0.25) is 0 Å². The van der Waals surface area contributed by atoms with E-state index in [4.69, 9.17) is 4.74 Å². The zero-order valence-corrected chi connectivity index (χ0v) is 23.8. The van der Waals surface area contributed by atoms with Crippen molar-refractivity contribution in [1.82, 2.24) is 0 Å². The molecule has 0 atom stereocenters. The third-order valence-corrected chi connectivity index (χ3v) is 9.54. The molecule has 0 radical (unpaired) electrons. The molecule has 212 valence electrons. The van der Waals surface area contributed by atoms with E-state index >= 15 is 4.39 Å². The van der Waals surface area contributed by atoms with Crippen molar-refractivity contribution in [3.63, 3.8) is 0 Å². The van der Waals surface area contributed by atoms with Crippen molar-refractivity contribution in [2.75, 3.05) is 7.11 Å². The van der Waals surface area contributed by atoms with E-state index < -0.39 is 11.6 Å². The number of hydrogen-bond acceptors (Lipinski definition) is 1. The molecule has 0 unspecified atom stereocenters. The molecule has 2 fully saturated rings. The molecule has 2 aliphatic carbocycles. The van der Waals surface area contributed by atoms with Crippen LogP contribution in [0.1, 0.15) is 82.6 Å². The van der Waals surface area contributed by atoms with Crippen LogP contribution in [0, 0.1) is 35.2 Å². The predicted molar refractivity (Wildman–Crippen MR) is 158 cm³/mol. The first-order valence-electron chi connectivity index (χ1n) is 15.0. The van der Waals surface area contributed by atoms with Crippen LogP contribution in [0.2, 0.25) is 0 Å². The summed E-state index contributed by atoms with van der Waals surface area (Å²) >= 11 is 0. The van der Waals surface area contributed by atoms with Gasteiger partial charge in [0.05, 0.1) is 7.11 Å². The standard InChI is InChI=1S/C36H41F3O/c1-3-4-5-6-24-7-9-25(10-8-24)26-11-15-28(16-12-26)31-20-19-30(23-33(31)37)27-13-17-29(18-14-27)32-21-22-34(40-2)36(39)35(32)38/h3-4,13-14,17-26,28H,5-12,15-16H2,1-2H3. The molecule has 40 heavy (non-hydrogen) atoms. The summed E-state index contributed by atoms with van der Waals surface area (Å²) in [5, 5.41) is 0. The molecule has 0 N–H and O–H groups in total. The fraction of sp³-hybridized carbons (Fsp3) is 0.444. The molecule has 0 bridgehead atoms. The Morgan fingerprint density at radius 3 is 1.98 bits per heavy atom. The van der Waals surface area contributed by atoms with E-state index in [9.17, 15) is 8.78 Å². The van der Waals surface area contributed by atoms with E-state index in [1.54, 1.807) is 18.2 Å². The molecule has 5 rings (SSSR count). The van der Waals surface area contributed by atoms with Crippen molar-refractivity contribution in [3.05, 3.63) is 89.8 Å². The van der Waals surface area contributed by atoms with Crippen molar-refractivity contribution in [2.45, 2.75) is 77.0 Å². The first-order chi connectivity index (χ1) is 19.5. The predicted octanol–water partition coefficient (Wildman–Crippen LogP) is 10.9. The zero-order valence-electron chi connectivity index (χ0n) is 23.8. The fourth-order valence-electron chi connectivity index (χ4n) is 7.14. The molecule has 3 aromatic rings. The summed E-state index contributed by atoms with van der Waals surface area (Å²) in [5.74, 6) is 0.644. The molecular formula is C36H41F3O. The Labute approximate surface area is 237 Å². The number of rotatable bonds is 8. The molecule has 0 aromatic heterocycles. The summed E-state index contributed by atoms with van der Waals surface area (Å²) in [6.07, 6.45) is 17.1. The van der Waals surface area contributed by atoms with Gasteiger partial charge in [-0.15, -0.1) is 0 Å². The average Bonchev–Trinajstić information content (AvgIpc) is 2.99. The van der Waals surface area contributed by atoms with E-state index in [1.165, 1.54) is 70.6 Å². The van der Waals surface area contributed by atoms with Gasteiger partial charge in [-0.2, -0.15) is 4.39 Å². The molecule has 1 nitrogen and oxygen atoms in total. The van der Waals surface area contributed by atoms with Gasteiger partial charge in [0, 0.05) is 5.56 Å². The van der Waals surface area contributed by atoms with Crippen molar-refractivity contribution in [3.8, 4) is 28.0 Å². The van der Waals surface area contributed by atoms with E-state index in [2.05, 4.69) is 19.1 Å². The quantitative estimate of drug-likeness (QED) is 0.255. The number of hydrogen-bond donors (Lipinski definition) is 0. The molecular weight excluding hydrogens is 505 g/mol. The summed E-state index contributed by atoms with van der Waals surface area (Å²) in [5.41, 5.74) is 3.18. The van der Waals surface area contributed by atoms with Gasteiger partial charge in [0.1, 0.15) is 5.82 Å². The molecule has 0 amide bonds. The van der Waals surface area contributed by atoms with Crippen molar-refractivity contribution >= 4 is 0 Å². The maximum absolute atomic E-state index is 15.3. The smallest absolute Gasteiger partial charge is 0.201 e. The molecule has 2 saturated carbocycles. The van der Waals surface area contributed by atoms with Crippen LogP contribution in [0.3, 0.4) is 0 Å². The second-order valence-electron chi connectivity index (χ2n) is 11.8. The van der Waals surface area contributed by atoms with Gasteiger partial charge in [0.2, 0.25) is 5.82 Å². The normalized spacial score (nSPS) is 23.4. The summed E-state index contributed by atoms with van der Waals surface area (Å²) in [4.78, 5) is 0. The zero-order chi connectivity index (χ0) is 28.1. The van der Waals surface area contributed by atoms with E-state index in [1.807, 2.05) is 24.3 Å². The Hall–Kier alpha value is -3.01. The highest BCUT2D eigenvalue weighted by atomic mass is 19.2. The van der Waals surface area contributed by atoms with Crippen LogP contribution in [-0.2, 0) is 0 Å². The summed E-state index contributed by atoms with van der Waals surface area (Å²) in [6, 6.07) is 15.6. The van der Waals surface area contributed by atoms with Crippen molar-refractivity contribution < 1.29 is 17.9 Å². The Bertz CT molecular complexity index is 1300. The minimum atomic E-state index is -1.00. The molecule has 0 aliphatic heterocycles. The number of halogens is 3. The second-order valence-corrected chi connectivity index (χ2v) is 11.8. The van der Waals surface area contributed by atoms with Gasteiger partial charge < -0.3 is 4.74 Å². The van der Waals surface area contributed by atoms with Crippen LogP contribution in [-0.4, -0.2) is 7.11 Å². The lowest BCUT2D eigenvalue weighted by Gasteiger charge is -2.38. The number of allylic oxidation sites excluding steroid dienone is 2. The third kappa shape index (κ3) is 6.32. The maximum Gasteiger partial charge on any atom is 0.201 e. The van der Waals surface area contributed by atoms with Crippen LogP contribution in [0.15, 0.2) is 66.7 Å². The lowest BCUT2D eigenvalue weighted by molar-refractivity contribution is 0.156. The highest BCUT2D eigenvalue weighted by Gasteiger charge is 2.32. The summed E-state index contributed by atoms with van der Waals surface area (Å²) in [7, 11) is 1.31. The van der Waals surface area contributed by atoms with Gasteiger partial charge in [-0.25, -0.2) is 8.78 Å².